The summed E-state index contributed by atoms with van der Waals surface area (Å²) in [7, 11) is 0. The maximum Gasteiger partial charge on any atom is 0.0992 e. The van der Waals surface area contributed by atoms with Crippen LogP contribution in [-0.2, 0) is 0 Å². The molecule has 0 spiro atoms. The van der Waals surface area contributed by atoms with E-state index in [1.807, 2.05) is 12.1 Å². The minimum atomic E-state index is 0.605. The van der Waals surface area contributed by atoms with E-state index in [1.165, 1.54) is 0 Å². The van der Waals surface area contributed by atoms with E-state index in [0.29, 0.717) is 17.4 Å². The van der Waals surface area contributed by atoms with Crippen molar-refractivity contribution in [1.29, 1.82) is 5.26 Å². The lowest BCUT2D eigenvalue weighted by atomic mass is 10.1. The van der Waals surface area contributed by atoms with Crippen molar-refractivity contribution in [2.24, 2.45) is 11.8 Å². The van der Waals surface area contributed by atoms with Crippen LogP contribution in [0.4, 0.5) is 5.69 Å². The monoisotopic (exact) mass is 308 g/mol. The van der Waals surface area contributed by atoms with Gasteiger partial charge in [0.15, 0.2) is 0 Å². The van der Waals surface area contributed by atoms with Gasteiger partial charge < -0.3 is 4.90 Å². The van der Waals surface area contributed by atoms with Crippen LogP contribution < -0.4 is 4.90 Å². The van der Waals surface area contributed by atoms with E-state index in [0.717, 1.165) is 23.2 Å². The Morgan fingerprint density at radius 2 is 1.67 bits per heavy atom. The van der Waals surface area contributed by atoms with Crippen molar-refractivity contribution in [3.63, 3.8) is 0 Å². The number of hydrogen-bond donors (Lipinski definition) is 0. The topological polar surface area (TPSA) is 27.0 Å². The van der Waals surface area contributed by atoms with Crippen molar-refractivity contribution in [1.82, 2.24) is 0 Å². The second-order valence-electron chi connectivity index (χ2n) is 5.50. The van der Waals surface area contributed by atoms with Crippen LogP contribution in [0.25, 0.3) is 0 Å². The molecule has 0 aliphatic rings. The van der Waals surface area contributed by atoms with E-state index < -0.39 is 0 Å². The van der Waals surface area contributed by atoms with Gasteiger partial charge in [0.25, 0.3) is 0 Å². The van der Waals surface area contributed by atoms with Crippen LogP contribution in [0.1, 0.15) is 33.3 Å². The highest BCUT2D eigenvalue weighted by molar-refractivity contribution is 9.10. The summed E-state index contributed by atoms with van der Waals surface area (Å²) in [6, 6.07) is 8.12. The molecule has 0 heterocycles. The molecule has 1 aromatic carbocycles. The third-order valence-corrected chi connectivity index (χ3v) is 3.01. The van der Waals surface area contributed by atoms with Crippen molar-refractivity contribution < 1.29 is 0 Å². The largest absolute Gasteiger partial charge is 0.371 e. The molecule has 0 amide bonds. The zero-order chi connectivity index (χ0) is 13.7. The Bertz CT molecular complexity index is 423. The fourth-order valence-corrected chi connectivity index (χ4v) is 2.47. The minimum absolute atomic E-state index is 0.605. The number of rotatable bonds is 5. The van der Waals surface area contributed by atoms with Crippen LogP contribution in [0.5, 0.6) is 0 Å². The van der Waals surface area contributed by atoms with E-state index in [9.17, 15) is 0 Å². The second kappa shape index (κ2) is 6.80. The maximum absolute atomic E-state index is 9.04. The molecule has 0 bridgehead atoms. The summed E-state index contributed by atoms with van der Waals surface area (Å²) in [5.41, 5.74) is 1.83. The second-order valence-corrected chi connectivity index (χ2v) is 6.42. The molecule has 0 atom stereocenters. The Hall–Kier alpha value is -1.01. The minimum Gasteiger partial charge on any atom is -0.371 e. The van der Waals surface area contributed by atoms with Gasteiger partial charge in [0.1, 0.15) is 0 Å². The van der Waals surface area contributed by atoms with Gasteiger partial charge in [0, 0.05) is 23.2 Å². The first-order valence-corrected chi connectivity index (χ1v) is 7.17. The average molecular weight is 309 g/mol. The smallest absolute Gasteiger partial charge is 0.0992 e. The molecule has 0 N–H and O–H groups in total. The average Bonchev–Trinajstić information content (AvgIpc) is 2.26. The van der Waals surface area contributed by atoms with Gasteiger partial charge in [-0.3, -0.25) is 0 Å². The summed E-state index contributed by atoms with van der Waals surface area (Å²) < 4.78 is 0.967. The van der Waals surface area contributed by atoms with E-state index in [1.54, 1.807) is 0 Å². The van der Waals surface area contributed by atoms with Crippen LogP contribution in [0, 0.1) is 23.2 Å². The van der Waals surface area contributed by atoms with E-state index in [-0.39, 0.29) is 0 Å². The third kappa shape index (κ3) is 4.70. The van der Waals surface area contributed by atoms with Crippen molar-refractivity contribution in [2.45, 2.75) is 27.7 Å². The van der Waals surface area contributed by atoms with Gasteiger partial charge in [0.2, 0.25) is 0 Å². The first kappa shape index (κ1) is 15.0. The normalized spacial score (nSPS) is 10.8. The maximum atomic E-state index is 9.04. The zero-order valence-corrected chi connectivity index (χ0v) is 13.2. The lowest BCUT2D eigenvalue weighted by Gasteiger charge is -2.28. The van der Waals surface area contributed by atoms with Gasteiger partial charge in [-0.15, -0.1) is 0 Å². The molecule has 0 saturated carbocycles. The molecule has 0 aromatic heterocycles. The first-order chi connectivity index (χ1) is 8.42. The molecule has 3 heteroatoms. The van der Waals surface area contributed by atoms with Gasteiger partial charge in [-0.05, 0) is 30.0 Å². The number of halogens is 1. The molecule has 1 aromatic rings. The summed E-state index contributed by atoms with van der Waals surface area (Å²) in [6.45, 7) is 10.9. The van der Waals surface area contributed by atoms with Gasteiger partial charge in [-0.25, -0.2) is 0 Å². The summed E-state index contributed by atoms with van der Waals surface area (Å²) in [5, 5.41) is 9.04. The third-order valence-electron chi connectivity index (χ3n) is 2.55. The molecule has 0 fully saturated rings. The predicted molar refractivity (Wildman–Crippen MR) is 80.7 cm³/mol. The number of nitriles is 1. The quantitative estimate of drug-likeness (QED) is 0.804. The van der Waals surface area contributed by atoms with Crippen molar-refractivity contribution in [3.8, 4) is 6.07 Å². The predicted octanol–water partition coefficient (Wildman–Crippen LogP) is 4.44. The molecule has 0 unspecified atom stereocenters. The Balaban J connectivity index is 3.04. The standard InChI is InChI=1S/C15H21BrN2/c1-11(2)9-18(10-12(3)4)15-6-13(8-17)5-14(16)7-15/h5-7,11-12H,9-10H2,1-4H3. The van der Waals surface area contributed by atoms with Crippen LogP contribution in [0.2, 0.25) is 0 Å². The van der Waals surface area contributed by atoms with Crippen LogP contribution >= 0.6 is 15.9 Å². The lowest BCUT2D eigenvalue weighted by molar-refractivity contribution is 0.552. The molecule has 0 radical (unpaired) electrons. The Morgan fingerprint density at radius 1 is 1.11 bits per heavy atom. The molecular formula is C15H21BrN2. The van der Waals surface area contributed by atoms with E-state index in [2.05, 4.69) is 60.7 Å². The lowest BCUT2D eigenvalue weighted by Crippen LogP contribution is -2.31. The van der Waals surface area contributed by atoms with Crippen molar-refractivity contribution in [2.75, 3.05) is 18.0 Å². The Morgan fingerprint density at radius 3 is 2.11 bits per heavy atom. The SMILES string of the molecule is CC(C)CN(CC(C)C)c1cc(Br)cc(C#N)c1. The van der Waals surface area contributed by atoms with Gasteiger partial charge >= 0.3 is 0 Å². The number of benzene rings is 1. The fourth-order valence-electron chi connectivity index (χ4n) is 1.99. The van der Waals surface area contributed by atoms with Gasteiger partial charge in [0.05, 0.1) is 11.6 Å². The first-order valence-electron chi connectivity index (χ1n) is 6.38. The van der Waals surface area contributed by atoms with Crippen LogP contribution in [0.3, 0.4) is 0 Å². The van der Waals surface area contributed by atoms with Crippen LogP contribution in [0.15, 0.2) is 22.7 Å². The molecule has 2 nitrogen and oxygen atoms in total. The van der Waals surface area contributed by atoms with E-state index >= 15 is 0 Å². The highest BCUT2D eigenvalue weighted by Gasteiger charge is 2.12. The Labute approximate surface area is 119 Å². The molecule has 98 valence electrons. The molecular weight excluding hydrogens is 288 g/mol. The molecule has 0 aliphatic heterocycles. The molecule has 1 rings (SSSR count). The van der Waals surface area contributed by atoms with Crippen molar-refractivity contribution >= 4 is 21.6 Å². The number of hydrogen-bond acceptors (Lipinski definition) is 2. The van der Waals surface area contributed by atoms with E-state index in [4.69, 9.17) is 5.26 Å². The Kier molecular flexibility index (Phi) is 5.68. The summed E-state index contributed by atoms with van der Waals surface area (Å²) >= 11 is 3.48. The molecule has 18 heavy (non-hydrogen) atoms. The number of nitrogens with zero attached hydrogens (tertiary/aromatic N) is 2. The fraction of sp³-hybridized carbons (Fsp3) is 0.533. The van der Waals surface area contributed by atoms with Gasteiger partial charge in [-0.1, -0.05) is 43.6 Å². The van der Waals surface area contributed by atoms with Gasteiger partial charge in [-0.2, -0.15) is 5.26 Å². The summed E-state index contributed by atoms with van der Waals surface area (Å²) in [4.78, 5) is 2.36. The molecule has 0 aliphatic carbocycles. The van der Waals surface area contributed by atoms with Crippen LogP contribution in [-0.4, -0.2) is 13.1 Å². The zero-order valence-electron chi connectivity index (χ0n) is 11.6. The number of anilines is 1. The highest BCUT2D eigenvalue weighted by atomic mass is 79.9. The molecule has 0 saturated heterocycles. The van der Waals surface area contributed by atoms with Crippen molar-refractivity contribution in [3.05, 3.63) is 28.2 Å². The summed E-state index contributed by atoms with van der Waals surface area (Å²) in [5.74, 6) is 1.21. The summed E-state index contributed by atoms with van der Waals surface area (Å²) in [6.07, 6.45) is 0. The highest BCUT2D eigenvalue weighted by Crippen LogP contribution is 2.24.